The summed E-state index contributed by atoms with van der Waals surface area (Å²) in [7, 11) is 0. The zero-order chi connectivity index (χ0) is 14.4. The van der Waals surface area contributed by atoms with Gasteiger partial charge in [-0.2, -0.15) is 5.26 Å². The highest BCUT2D eigenvalue weighted by atomic mass is 16.3. The molecule has 1 aromatic rings. The monoisotopic (exact) mass is 273 g/mol. The second kappa shape index (κ2) is 7.04. The molecule has 1 fully saturated rings. The number of amides is 1. The van der Waals surface area contributed by atoms with Crippen LogP contribution in [0.4, 0.5) is 5.69 Å². The first-order chi connectivity index (χ1) is 9.74. The van der Waals surface area contributed by atoms with E-state index < -0.39 is 0 Å². The zero-order valence-corrected chi connectivity index (χ0v) is 11.4. The molecular weight excluding hydrogens is 254 g/mol. The number of carbonyl (C=O) groups is 1. The maximum atomic E-state index is 11.9. The maximum absolute atomic E-state index is 11.9. The van der Waals surface area contributed by atoms with Gasteiger partial charge < -0.3 is 10.4 Å². The molecule has 0 unspecified atom stereocenters. The van der Waals surface area contributed by atoms with Crippen LogP contribution in [-0.4, -0.2) is 41.7 Å². The van der Waals surface area contributed by atoms with E-state index in [9.17, 15) is 4.79 Å². The van der Waals surface area contributed by atoms with Gasteiger partial charge in [-0.05, 0) is 25.0 Å². The van der Waals surface area contributed by atoms with E-state index in [4.69, 9.17) is 10.4 Å². The summed E-state index contributed by atoms with van der Waals surface area (Å²) in [6.07, 6.45) is 2.67. The van der Waals surface area contributed by atoms with Crippen LogP contribution in [0.25, 0.3) is 0 Å². The van der Waals surface area contributed by atoms with Crippen molar-refractivity contribution in [1.82, 2.24) is 4.90 Å². The topological polar surface area (TPSA) is 76.4 Å². The average molecular weight is 273 g/mol. The number of aliphatic hydroxyl groups excluding tert-OH is 1. The molecule has 1 aliphatic rings. The van der Waals surface area contributed by atoms with Crippen molar-refractivity contribution < 1.29 is 9.90 Å². The standard InChI is InChI=1S/C15H19N3O2/c16-11-12-3-1-2-4-14(12)17-15(20)7-8-18(9-10-19)13-5-6-13/h1-4,13,19H,5-10H2,(H,17,20). The Morgan fingerprint density at radius 1 is 1.40 bits per heavy atom. The molecule has 1 aliphatic carbocycles. The van der Waals surface area contributed by atoms with E-state index >= 15 is 0 Å². The Morgan fingerprint density at radius 2 is 2.15 bits per heavy atom. The molecule has 2 N–H and O–H groups in total. The molecule has 1 amide bonds. The Hall–Kier alpha value is -1.90. The summed E-state index contributed by atoms with van der Waals surface area (Å²) in [5, 5.41) is 20.7. The van der Waals surface area contributed by atoms with E-state index in [0.29, 0.717) is 36.8 Å². The van der Waals surface area contributed by atoms with Gasteiger partial charge in [-0.1, -0.05) is 12.1 Å². The van der Waals surface area contributed by atoms with Crippen LogP contribution in [0.1, 0.15) is 24.8 Å². The van der Waals surface area contributed by atoms with Gasteiger partial charge in [0.1, 0.15) is 6.07 Å². The second-order valence-corrected chi connectivity index (χ2v) is 4.95. The van der Waals surface area contributed by atoms with Crippen LogP contribution in [0.2, 0.25) is 0 Å². The van der Waals surface area contributed by atoms with Gasteiger partial charge in [-0.25, -0.2) is 0 Å². The minimum absolute atomic E-state index is 0.101. The Balaban J connectivity index is 1.84. The average Bonchev–Trinajstić information content (AvgIpc) is 3.28. The number of nitrogens with one attached hydrogen (secondary N) is 1. The summed E-state index contributed by atoms with van der Waals surface area (Å²) < 4.78 is 0. The highest BCUT2D eigenvalue weighted by Crippen LogP contribution is 2.26. The highest BCUT2D eigenvalue weighted by molar-refractivity contribution is 5.92. The van der Waals surface area contributed by atoms with Crippen molar-refractivity contribution in [1.29, 1.82) is 5.26 Å². The van der Waals surface area contributed by atoms with Gasteiger partial charge in [0.25, 0.3) is 0 Å². The minimum atomic E-state index is -0.101. The minimum Gasteiger partial charge on any atom is -0.395 e. The number of benzene rings is 1. The molecule has 0 bridgehead atoms. The van der Waals surface area contributed by atoms with Gasteiger partial charge >= 0.3 is 0 Å². The number of nitriles is 1. The lowest BCUT2D eigenvalue weighted by atomic mass is 10.2. The number of rotatable bonds is 7. The number of anilines is 1. The van der Waals surface area contributed by atoms with Crippen LogP contribution in [0, 0.1) is 11.3 Å². The second-order valence-electron chi connectivity index (χ2n) is 4.95. The lowest BCUT2D eigenvalue weighted by molar-refractivity contribution is -0.116. The Labute approximate surface area is 118 Å². The molecule has 0 radical (unpaired) electrons. The van der Waals surface area contributed by atoms with E-state index in [1.54, 1.807) is 24.3 Å². The van der Waals surface area contributed by atoms with Crippen molar-refractivity contribution >= 4 is 11.6 Å². The molecule has 20 heavy (non-hydrogen) atoms. The van der Waals surface area contributed by atoms with Gasteiger partial charge in [0.05, 0.1) is 17.9 Å². The van der Waals surface area contributed by atoms with Crippen molar-refractivity contribution in [2.45, 2.75) is 25.3 Å². The van der Waals surface area contributed by atoms with Crippen LogP contribution >= 0.6 is 0 Å². The van der Waals surface area contributed by atoms with Crippen LogP contribution in [0.5, 0.6) is 0 Å². The first-order valence-electron chi connectivity index (χ1n) is 6.88. The van der Waals surface area contributed by atoms with Crippen LogP contribution in [0.15, 0.2) is 24.3 Å². The molecule has 0 aliphatic heterocycles. The lowest BCUT2D eigenvalue weighted by Crippen LogP contribution is -2.32. The molecule has 0 saturated heterocycles. The predicted molar refractivity (Wildman–Crippen MR) is 76.1 cm³/mol. The number of hydrogen-bond acceptors (Lipinski definition) is 4. The fraction of sp³-hybridized carbons (Fsp3) is 0.467. The smallest absolute Gasteiger partial charge is 0.225 e. The van der Waals surface area contributed by atoms with Gasteiger partial charge in [0.2, 0.25) is 5.91 Å². The van der Waals surface area contributed by atoms with Crippen LogP contribution in [-0.2, 0) is 4.79 Å². The van der Waals surface area contributed by atoms with E-state index in [1.165, 1.54) is 0 Å². The summed E-state index contributed by atoms with van der Waals surface area (Å²) >= 11 is 0. The number of carbonyl (C=O) groups excluding carboxylic acids is 1. The highest BCUT2D eigenvalue weighted by Gasteiger charge is 2.28. The molecule has 0 heterocycles. The van der Waals surface area contributed by atoms with Crippen molar-refractivity contribution in [2.75, 3.05) is 25.0 Å². The summed E-state index contributed by atoms with van der Waals surface area (Å²) in [5.41, 5.74) is 1.02. The lowest BCUT2D eigenvalue weighted by Gasteiger charge is -2.20. The zero-order valence-electron chi connectivity index (χ0n) is 11.4. The molecule has 2 rings (SSSR count). The number of para-hydroxylation sites is 1. The number of aliphatic hydroxyl groups is 1. The van der Waals surface area contributed by atoms with Gasteiger partial charge in [-0.3, -0.25) is 9.69 Å². The molecule has 5 heteroatoms. The molecule has 0 atom stereocenters. The predicted octanol–water partition coefficient (Wildman–Crippen LogP) is 1.34. The summed E-state index contributed by atoms with van der Waals surface area (Å²) in [4.78, 5) is 14.1. The SMILES string of the molecule is N#Cc1ccccc1NC(=O)CCN(CCO)C1CC1. The van der Waals surface area contributed by atoms with E-state index in [-0.39, 0.29) is 12.5 Å². The first-order valence-corrected chi connectivity index (χ1v) is 6.88. The fourth-order valence-electron chi connectivity index (χ4n) is 2.19. The van der Waals surface area contributed by atoms with Gasteiger partial charge in [-0.15, -0.1) is 0 Å². The van der Waals surface area contributed by atoms with Crippen molar-refractivity contribution in [3.05, 3.63) is 29.8 Å². The van der Waals surface area contributed by atoms with E-state index in [2.05, 4.69) is 16.3 Å². The van der Waals surface area contributed by atoms with Crippen LogP contribution in [0.3, 0.4) is 0 Å². The first kappa shape index (κ1) is 14.5. The molecule has 5 nitrogen and oxygen atoms in total. The maximum Gasteiger partial charge on any atom is 0.225 e. The third-order valence-corrected chi connectivity index (χ3v) is 3.40. The Bertz CT molecular complexity index is 506. The third kappa shape index (κ3) is 4.05. The number of hydrogen-bond donors (Lipinski definition) is 2. The Morgan fingerprint density at radius 3 is 2.80 bits per heavy atom. The fourth-order valence-corrected chi connectivity index (χ4v) is 2.19. The Kier molecular flexibility index (Phi) is 5.10. The quantitative estimate of drug-likeness (QED) is 0.786. The largest absolute Gasteiger partial charge is 0.395 e. The third-order valence-electron chi connectivity index (χ3n) is 3.40. The molecular formula is C15H19N3O2. The van der Waals surface area contributed by atoms with Crippen molar-refractivity contribution in [3.8, 4) is 6.07 Å². The van der Waals surface area contributed by atoms with Crippen molar-refractivity contribution in [3.63, 3.8) is 0 Å². The molecule has 1 aromatic carbocycles. The molecule has 1 saturated carbocycles. The summed E-state index contributed by atoms with van der Waals surface area (Å²) in [6, 6.07) is 9.55. The summed E-state index contributed by atoms with van der Waals surface area (Å²) in [6.45, 7) is 1.38. The van der Waals surface area contributed by atoms with Gasteiger partial charge in [0, 0.05) is 25.6 Å². The van der Waals surface area contributed by atoms with E-state index in [1.807, 2.05) is 0 Å². The molecule has 106 valence electrons. The van der Waals surface area contributed by atoms with E-state index in [0.717, 1.165) is 12.8 Å². The normalized spacial score (nSPS) is 14.1. The number of nitrogens with zero attached hydrogens (tertiary/aromatic N) is 2. The molecule has 0 spiro atoms. The van der Waals surface area contributed by atoms with Gasteiger partial charge in [0.15, 0.2) is 0 Å². The summed E-state index contributed by atoms with van der Waals surface area (Å²) in [5.74, 6) is -0.101. The van der Waals surface area contributed by atoms with Crippen molar-refractivity contribution in [2.24, 2.45) is 0 Å². The molecule has 0 aromatic heterocycles. The van der Waals surface area contributed by atoms with Crippen LogP contribution < -0.4 is 5.32 Å².